The van der Waals surface area contributed by atoms with Crippen molar-refractivity contribution in [2.75, 3.05) is 7.11 Å². The van der Waals surface area contributed by atoms with Crippen LogP contribution in [-0.4, -0.2) is 18.0 Å². The third-order valence-corrected chi connectivity index (χ3v) is 3.14. The molecule has 0 spiro atoms. The standard InChI is InChI=1S/C16H14F2O3/c1-21-14-8-3-2-5-10(14)9-13(19)16(20)15-11(17)6-4-7-12(15)18/h2-8,16,20H,9H2,1H3. The SMILES string of the molecule is COc1ccccc1CC(=O)C(O)c1c(F)cccc1F. The topological polar surface area (TPSA) is 46.5 Å². The highest BCUT2D eigenvalue weighted by Gasteiger charge is 2.25. The molecule has 2 aromatic rings. The highest BCUT2D eigenvalue weighted by molar-refractivity contribution is 5.86. The zero-order valence-electron chi connectivity index (χ0n) is 11.3. The van der Waals surface area contributed by atoms with E-state index >= 15 is 0 Å². The van der Waals surface area contributed by atoms with Gasteiger partial charge in [0.05, 0.1) is 12.7 Å². The lowest BCUT2D eigenvalue weighted by Gasteiger charge is -2.13. The Balaban J connectivity index is 2.24. The number of Topliss-reactive ketones (excluding diaryl/α,β-unsaturated/α-hetero) is 1. The molecule has 110 valence electrons. The molecule has 2 rings (SSSR count). The van der Waals surface area contributed by atoms with Gasteiger partial charge in [-0.2, -0.15) is 0 Å². The minimum absolute atomic E-state index is 0.182. The van der Waals surface area contributed by atoms with Crippen molar-refractivity contribution in [3.05, 3.63) is 65.2 Å². The summed E-state index contributed by atoms with van der Waals surface area (Å²) in [5.41, 5.74) is -0.0850. The van der Waals surface area contributed by atoms with E-state index in [1.165, 1.54) is 13.2 Å². The van der Waals surface area contributed by atoms with Crippen LogP contribution in [0, 0.1) is 11.6 Å². The van der Waals surface area contributed by atoms with Gasteiger partial charge in [-0.05, 0) is 18.2 Å². The number of rotatable bonds is 5. The van der Waals surface area contributed by atoms with E-state index in [4.69, 9.17) is 4.74 Å². The first-order valence-electron chi connectivity index (χ1n) is 6.31. The average molecular weight is 292 g/mol. The minimum atomic E-state index is -1.85. The number of benzene rings is 2. The number of para-hydroxylation sites is 1. The Labute approximate surface area is 120 Å². The average Bonchev–Trinajstić information content (AvgIpc) is 2.47. The molecule has 0 fully saturated rings. The monoisotopic (exact) mass is 292 g/mol. The number of hydrogen-bond acceptors (Lipinski definition) is 3. The molecule has 1 unspecified atom stereocenters. The van der Waals surface area contributed by atoms with Crippen molar-refractivity contribution in [3.8, 4) is 5.75 Å². The maximum atomic E-state index is 13.6. The van der Waals surface area contributed by atoms with Gasteiger partial charge in [0.25, 0.3) is 0 Å². The molecular formula is C16H14F2O3. The van der Waals surface area contributed by atoms with Gasteiger partial charge in [0.2, 0.25) is 0 Å². The van der Waals surface area contributed by atoms with Crippen LogP contribution in [0.3, 0.4) is 0 Å². The fourth-order valence-corrected chi connectivity index (χ4v) is 2.07. The van der Waals surface area contributed by atoms with E-state index in [-0.39, 0.29) is 6.42 Å². The summed E-state index contributed by atoms with van der Waals surface area (Å²) in [6, 6.07) is 9.93. The largest absolute Gasteiger partial charge is 0.496 e. The zero-order chi connectivity index (χ0) is 15.4. The fourth-order valence-electron chi connectivity index (χ4n) is 2.07. The molecule has 0 heterocycles. The Bertz CT molecular complexity index is 635. The van der Waals surface area contributed by atoms with Crippen LogP contribution in [0.25, 0.3) is 0 Å². The van der Waals surface area contributed by atoms with E-state index in [9.17, 15) is 18.7 Å². The van der Waals surface area contributed by atoms with Gasteiger partial charge < -0.3 is 9.84 Å². The Hall–Kier alpha value is -2.27. The second kappa shape index (κ2) is 6.45. The van der Waals surface area contributed by atoms with Crippen molar-refractivity contribution in [3.63, 3.8) is 0 Å². The lowest BCUT2D eigenvalue weighted by atomic mass is 9.98. The molecular weight excluding hydrogens is 278 g/mol. The van der Waals surface area contributed by atoms with Crippen LogP contribution >= 0.6 is 0 Å². The fraction of sp³-hybridized carbons (Fsp3) is 0.188. The van der Waals surface area contributed by atoms with Gasteiger partial charge >= 0.3 is 0 Å². The second-order valence-electron chi connectivity index (χ2n) is 4.49. The van der Waals surface area contributed by atoms with Gasteiger partial charge in [-0.25, -0.2) is 8.78 Å². The summed E-state index contributed by atoms with van der Waals surface area (Å²) in [6.07, 6.45) is -2.03. The molecule has 0 saturated carbocycles. The lowest BCUT2D eigenvalue weighted by Crippen LogP contribution is -2.17. The first-order chi connectivity index (χ1) is 10.0. The van der Waals surface area contributed by atoms with Crippen molar-refractivity contribution in [2.24, 2.45) is 0 Å². The van der Waals surface area contributed by atoms with Gasteiger partial charge in [0.1, 0.15) is 23.5 Å². The first-order valence-corrected chi connectivity index (χ1v) is 6.31. The lowest BCUT2D eigenvalue weighted by molar-refractivity contribution is -0.127. The molecule has 0 saturated heterocycles. The van der Waals surface area contributed by atoms with Crippen molar-refractivity contribution in [1.29, 1.82) is 0 Å². The summed E-state index contributed by atoms with van der Waals surface area (Å²) < 4.78 is 32.2. The number of carbonyl (C=O) groups is 1. The number of hydrogen-bond donors (Lipinski definition) is 1. The van der Waals surface area contributed by atoms with Crippen molar-refractivity contribution >= 4 is 5.78 Å². The van der Waals surface area contributed by atoms with Crippen LogP contribution < -0.4 is 4.74 Å². The van der Waals surface area contributed by atoms with Crippen LogP contribution in [0.5, 0.6) is 5.75 Å². The van der Waals surface area contributed by atoms with E-state index in [0.717, 1.165) is 12.1 Å². The van der Waals surface area contributed by atoms with Crippen LogP contribution in [0.2, 0.25) is 0 Å². The van der Waals surface area contributed by atoms with E-state index in [1.54, 1.807) is 24.3 Å². The summed E-state index contributed by atoms with van der Waals surface area (Å²) in [7, 11) is 1.45. The van der Waals surface area contributed by atoms with Crippen LogP contribution in [0.1, 0.15) is 17.2 Å². The third-order valence-electron chi connectivity index (χ3n) is 3.14. The predicted molar refractivity (Wildman–Crippen MR) is 73.0 cm³/mol. The Morgan fingerprint density at radius 3 is 2.38 bits per heavy atom. The van der Waals surface area contributed by atoms with Gasteiger partial charge in [0.15, 0.2) is 5.78 Å². The van der Waals surface area contributed by atoms with Crippen LogP contribution in [0.4, 0.5) is 8.78 Å². The molecule has 1 N–H and O–H groups in total. The number of aliphatic hydroxyl groups excluding tert-OH is 1. The van der Waals surface area contributed by atoms with Gasteiger partial charge in [-0.3, -0.25) is 4.79 Å². The molecule has 0 aromatic heterocycles. The number of carbonyl (C=O) groups excluding carboxylic acids is 1. The molecule has 0 radical (unpaired) electrons. The number of aliphatic hydroxyl groups is 1. The molecule has 0 bridgehead atoms. The highest BCUT2D eigenvalue weighted by atomic mass is 19.1. The number of ether oxygens (including phenoxy) is 1. The maximum absolute atomic E-state index is 13.6. The number of methoxy groups -OCH3 is 1. The van der Waals surface area contributed by atoms with E-state index in [1.807, 2.05) is 0 Å². The first kappa shape index (κ1) is 15.1. The quantitative estimate of drug-likeness (QED) is 0.921. The summed E-state index contributed by atoms with van der Waals surface area (Å²) in [5, 5.41) is 9.91. The molecule has 3 nitrogen and oxygen atoms in total. The van der Waals surface area contributed by atoms with Gasteiger partial charge in [0, 0.05) is 12.0 Å². The summed E-state index contributed by atoms with van der Waals surface area (Å²) >= 11 is 0. The second-order valence-corrected chi connectivity index (χ2v) is 4.49. The number of halogens is 2. The van der Waals surface area contributed by atoms with E-state index in [0.29, 0.717) is 11.3 Å². The molecule has 0 aliphatic rings. The Kier molecular flexibility index (Phi) is 4.65. The summed E-state index contributed by atoms with van der Waals surface area (Å²) in [4.78, 5) is 12.0. The molecule has 5 heteroatoms. The maximum Gasteiger partial charge on any atom is 0.170 e. The molecule has 2 aromatic carbocycles. The Morgan fingerprint density at radius 2 is 1.76 bits per heavy atom. The van der Waals surface area contributed by atoms with Crippen molar-refractivity contribution in [2.45, 2.75) is 12.5 Å². The highest BCUT2D eigenvalue weighted by Crippen LogP contribution is 2.25. The van der Waals surface area contributed by atoms with Crippen LogP contribution in [0.15, 0.2) is 42.5 Å². The molecule has 1 atom stereocenters. The smallest absolute Gasteiger partial charge is 0.170 e. The normalized spacial score (nSPS) is 12.0. The van der Waals surface area contributed by atoms with Gasteiger partial charge in [-0.15, -0.1) is 0 Å². The third kappa shape index (κ3) is 3.25. The van der Waals surface area contributed by atoms with E-state index in [2.05, 4.69) is 0 Å². The minimum Gasteiger partial charge on any atom is -0.496 e. The molecule has 0 amide bonds. The summed E-state index contributed by atoms with van der Waals surface area (Å²) in [6.45, 7) is 0. The predicted octanol–water partition coefficient (Wildman–Crippen LogP) is 2.82. The van der Waals surface area contributed by atoms with Crippen molar-refractivity contribution < 1.29 is 23.4 Å². The zero-order valence-corrected chi connectivity index (χ0v) is 11.3. The molecule has 0 aliphatic carbocycles. The van der Waals surface area contributed by atoms with E-state index < -0.39 is 29.1 Å². The van der Waals surface area contributed by atoms with Crippen LogP contribution in [-0.2, 0) is 11.2 Å². The summed E-state index contributed by atoms with van der Waals surface area (Å²) in [5.74, 6) is -2.12. The molecule has 0 aliphatic heterocycles. The number of ketones is 1. The Morgan fingerprint density at radius 1 is 1.14 bits per heavy atom. The molecule has 21 heavy (non-hydrogen) atoms. The van der Waals surface area contributed by atoms with Crippen molar-refractivity contribution in [1.82, 2.24) is 0 Å². The van der Waals surface area contributed by atoms with Gasteiger partial charge in [-0.1, -0.05) is 24.3 Å².